The summed E-state index contributed by atoms with van der Waals surface area (Å²) in [7, 11) is 0. The van der Waals surface area contributed by atoms with E-state index in [1.807, 2.05) is 24.3 Å². The van der Waals surface area contributed by atoms with Gasteiger partial charge in [-0.15, -0.1) is 0 Å². The summed E-state index contributed by atoms with van der Waals surface area (Å²) in [6, 6.07) is 8.11. The van der Waals surface area contributed by atoms with Crippen molar-refractivity contribution in [2.75, 3.05) is 43.1 Å². The van der Waals surface area contributed by atoms with Gasteiger partial charge in [0.15, 0.2) is 0 Å². The van der Waals surface area contributed by atoms with Crippen molar-refractivity contribution in [2.24, 2.45) is 5.92 Å². The molecule has 0 radical (unpaired) electrons. The highest BCUT2D eigenvalue weighted by atomic mass is 19.1. The first-order chi connectivity index (χ1) is 14.6. The fraction of sp³-hybridized carbons (Fsp3) is 0.476. The minimum Gasteiger partial charge on any atom is -0.475 e. The summed E-state index contributed by atoms with van der Waals surface area (Å²) in [6.45, 7) is 5.09. The zero-order valence-electron chi connectivity index (χ0n) is 16.9. The van der Waals surface area contributed by atoms with Crippen molar-refractivity contribution >= 4 is 23.2 Å². The van der Waals surface area contributed by atoms with Crippen LogP contribution in [0.4, 0.5) is 21.7 Å². The van der Waals surface area contributed by atoms with Crippen molar-refractivity contribution < 1.29 is 18.7 Å². The van der Waals surface area contributed by atoms with Gasteiger partial charge in [0.2, 0.25) is 17.7 Å². The van der Waals surface area contributed by atoms with Gasteiger partial charge in [0.1, 0.15) is 0 Å². The Balaban J connectivity index is 1.31. The first-order valence-corrected chi connectivity index (χ1v) is 10.2. The Bertz CT molecular complexity index is 867. The normalized spacial score (nSPS) is 20.9. The minimum absolute atomic E-state index is 0.0325. The standard InChI is InChI=1S/C21H26FN5O3/c1-14(28)24-17-10-15(11-17)13-30-20-19(22)12-23-21(26-20)25-16-2-4-18(5-3-16)27-6-8-29-9-7-27/h2-5,12,15,17H,6-11,13H2,1H3,(H,24,28)(H,23,25,26). The summed E-state index contributed by atoms with van der Waals surface area (Å²) in [5.41, 5.74) is 1.94. The monoisotopic (exact) mass is 415 g/mol. The second-order valence-corrected chi connectivity index (χ2v) is 7.66. The van der Waals surface area contributed by atoms with Crippen LogP contribution in [-0.4, -0.2) is 54.8 Å². The van der Waals surface area contributed by atoms with Gasteiger partial charge in [-0.3, -0.25) is 4.79 Å². The Morgan fingerprint density at radius 3 is 2.70 bits per heavy atom. The lowest BCUT2D eigenvalue weighted by Gasteiger charge is -2.35. The van der Waals surface area contributed by atoms with Gasteiger partial charge in [-0.05, 0) is 43.0 Å². The van der Waals surface area contributed by atoms with Crippen LogP contribution >= 0.6 is 0 Å². The van der Waals surface area contributed by atoms with Crippen molar-refractivity contribution in [1.82, 2.24) is 15.3 Å². The number of amides is 1. The highest BCUT2D eigenvalue weighted by Gasteiger charge is 2.30. The van der Waals surface area contributed by atoms with Crippen molar-refractivity contribution in [1.29, 1.82) is 0 Å². The molecule has 9 heteroatoms. The predicted octanol–water partition coefficient (Wildman–Crippen LogP) is 2.49. The number of ether oxygens (including phenoxy) is 2. The third-order valence-corrected chi connectivity index (χ3v) is 5.31. The maximum atomic E-state index is 14.0. The second kappa shape index (κ2) is 9.25. The molecule has 1 aliphatic heterocycles. The number of rotatable bonds is 7. The summed E-state index contributed by atoms with van der Waals surface area (Å²) in [6.07, 6.45) is 2.76. The topological polar surface area (TPSA) is 88.6 Å². The van der Waals surface area contributed by atoms with Gasteiger partial charge in [-0.25, -0.2) is 4.98 Å². The van der Waals surface area contributed by atoms with E-state index in [0.29, 0.717) is 6.61 Å². The Morgan fingerprint density at radius 2 is 2.00 bits per heavy atom. The van der Waals surface area contributed by atoms with Gasteiger partial charge in [0.25, 0.3) is 5.88 Å². The molecular formula is C21H26FN5O3. The number of benzene rings is 1. The van der Waals surface area contributed by atoms with Crippen molar-refractivity contribution in [3.8, 4) is 5.88 Å². The molecule has 2 heterocycles. The van der Waals surface area contributed by atoms with Gasteiger partial charge in [0.05, 0.1) is 26.0 Å². The van der Waals surface area contributed by atoms with E-state index in [1.54, 1.807) is 0 Å². The molecule has 0 unspecified atom stereocenters. The van der Waals surface area contributed by atoms with E-state index in [0.717, 1.165) is 56.7 Å². The molecule has 1 amide bonds. The molecule has 160 valence electrons. The molecule has 2 fully saturated rings. The summed E-state index contributed by atoms with van der Waals surface area (Å²) >= 11 is 0. The number of halogens is 1. The molecule has 30 heavy (non-hydrogen) atoms. The highest BCUT2D eigenvalue weighted by molar-refractivity contribution is 5.73. The van der Waals surface area contributed by atoms with E-state index in [-0.39, 0.29) is 29.7 Å². The summed E-state index contributed by atoms with van der Waals surface area (Å²) < 4.78 is 25.0. The fourth-order valence-electron chi connectivity index (χ4n) is 3.69. The number of carbonyl (C=O) groups excluding carboxylic acids is 1. The van der Waals surface area contributed by atoms with E-state index >= 15 is 0 Å². The summed E-state index contributed by atoms with van der Waals surface area (Å²) in [4.78, 5) is 21.5. The van der Waals surface area contributed by atoms with E-state index < -0.39 is 5.82 Å². The van der Waals surface area contributed by atoms with Crippen LogP contribution in [-0.2, 0) is 9.53 Å². The zero-order valence-corrected chi connectivity index (χ0v) is 16.9. The molecule has 1 saturated heterocycles. The predicted molar refractivity (Wildman–Crippen MR) is 111 cm³/mol. The number of anilines is 3. The lowest BCUT2D eigenvalue weighted by Crippen LogP contribution is -2.45. The molecular weight excluding hydrogens is 389 g/mol. The summed E-state index contributed by atoms with van der Waals surface area (Å²) in [5, 5.41) is 5.95. The smallest absolute Gasteiger partial charge is 0.255 e. The molecule has 4 rings (SSSR count). The first kappa shape index (κ1) is 20.3. The molecule has 0 spiro atoms. The van der Waals surface area contributed by atoms with E-state index in [1.165, 1.54) is 6.92 Å². The largest absolute Gasteiger partial charge is 0.475 e. The van der Waals surface area contributed by atoms with Gasteiger partial charge >= 0.3 is 0 Å². The van der Waals surface area contributed by atoms with Crippen LogP contribution < -0.4 is 20.3 Å². The quantitative estimate of drug-likeness (QED) is 0.718. The Hall–Kier alpha value is -2.94. The van der Waals surface area contributed by atoms with E-state index in [4.69, 9.17) is 9.47 Å². The number of nitrogens with one attached hydrogen (secondary N) is 2. The maximum Gasteiger partial charge on any atom is 0.255 e. The van der Waals surface area contributed by atoms with Crippen LogP contribution in [0.3, 0.4) is 0 Å². The molecule has 1 aromatic heterocycles. The maximum absolute atomic E-state index is 14.0. The molecule has 2 N–H and O–H groups in total. The van der Waals surface area contributed by atoms with Crippen LogP contribution in [0.5, 0.6) is 5.88 Å². The van der Waals surface area contributed by atoms with E-state index in [9.17, 15) is 9.18 Å². The lowest BCUT2D eigenvalue weighted by molar-refractivity contribution is -0.120. The van der Waals surface area contributed by atoms with Gasteiger partial charge < -0.3 is 25.0 Å². The minimum atomic E-state index is -0.596. The molecule has 1 saturated carbocycles. The molecule has 2 aliphatic rings. The fourth-order valence-corrected chi connectivity index (χ4v) is 3.69. The number of hydrogen-bond donors (Lipinski definition) is 2. The number of nitrogens with zero attached hydrogens (tertiary/aromatic N) is 3. The molecule has 0 atom stereocenters. The van der Waals surface area contributed by atoms with Crippen molar-refractivity contribution in [3.05, 3.63) is 36.3 Å². The van der Waals surface area contributed by atoms with Gasteiger partial charge in [-0.2, -0.15) is 9.37 Å². The second-order valence-electron chi connectivity index (χ2n) is 7.66. The van der Waals surface area contributed by atoms with Crippen LogP contribution in [0.25, 0.3) is 0 Å². The molecule has 0 bridgehead atoms. The van der Waals surface area contributed by atoms with Crippen LogP contribution in [0.2, 0.25) is 0 Å². The number of hydrogen-bond acceptors (Lipinski definition) is 7. The summed E-state index contributed by atoms with van der Waals surface area (Å²) in [5.74, 6) is -0.146. The van der Waals surface area contributed by atoms with E-state index in [2.05, 4.69) is 25.5 Å². The Kier molecular flexibility index (Phi) is 6.27. The van der Waals surface area contributed by atoms with Gasteiger partial charge in [-0.1, -0.05) is 0 Å². The molecule has 2 aromatic rings. The number of morpholine rings is 1. The molecule has 1 aromatic carbocycles. The molecule has 8 nitrogen and oxygen atoms in total. The van der Waals surface area contributed by atoms with Crippen molar-refractivity contribution in [2.45, 2.75) is 25.8 Å². The lowest BCUT2D eigenvalue weighted by atomic mass is 9.81. The third-order valence-electron chi connectivity index (χ3n) is 5.31. The zero-order chi connectivity index (χ0) is 20.9. The number of carbonyl (C=O) groups is 1. The van der Waals surface area contributed by atoms with Crippen LogP contribution in [0, 0.1) is 11.7 Å². The Labute approximate surface area is 174 Å². The highest BCUT2D eigenvalue weighted by Crippen LogP contribution is 2.29. The third kappa shape index (κ3) is 5.15. The average Bonchev–Trinajstić information content (AvgIpc) is 2.72. The van der Waals surface area contributed by atoms with Crippen LogP contribution in [0.1, 0.15) is 19.8 Å². The van der Waals surface area contributed by atoms with Crippen molar-refractivity contribution in [3.63, 3.8) is 0 Å². The molecule has 1 aliphatic carbocycles. The SMILES string of the molecule is CC(=O)NC1CC(COc2nc(Nc3ccc(N4CCOCC4)cc3)ncc2F)C1. The van der Waals surface area contributed by atoms with Crippen LogP contribution in [0.15, 0.2) is 30.5 Å². The number of aromatic nitrogens is 2. The van der Waals surface area contributed by atoms with Gasteiger partial charge in [0, 0.05) is 37.4 Å². The average molecular weight is 415 g/mol. The first-order valence-electron chi connectivity index (χ1n) is 10.2. The Morgan fingerprint density at radius 1 is 1.27 bits per heavy atom.